The number of hydrogen-bond donors (Lipinski definition) is 2. The van der Waals surface area contributed by atoms with Gasteiger partial charge in [0.2, 0.25) is 0 Å². The van der Waals surface area contributed by atoms with Gasteiger partial charge in [-0.3, -0.25) is 14.5 Å². The molecule has 7 nitrogen and oxygen atoms in total. The average molecular weight is 426 g/mol. The summed E-state index contributed by atoms with van der Waals surface area (Å²) >= 11 is 0. The smallest absolute Gasteiger partial charge is 0.265 e. The van der Waals surface area contributed by atoms with Crippen molar-refractivity contribution in [2.24, 2.45) is 0 Å². The maximum atomic E-state index is 13.0. The van der Waals surface area contributed by atoms with E-state index in [-0.39, 0.29) is 22.3 Å². The SMILES string of the molecule is COc1ccc(C(=O)N[C@@H](C)c2ccccn2)cc1S(=O)(=O)Nc1ccc(C)cc1. The molecule has 3 aromatic rings. The zero-order valence-electron chi connectivity index (χ0n) is 16.9. The minimum Gasteiger partial charge on any atom is -0.495 e. The summed E-state index contributed by atoms with van der Waals surface area (Å²) in [7, 11) is -2.59. The Morgan fingerprint density at radius 1 is 1.07 bits per heavy atom. The van der Waals surface area contributed by atoms with Gasteiger partial charge >= 0.3 is 0 Å². The number of aromatic nitrogens is 1. The molecule has 0 aliphatic carbocycles. The average Bonchev–Trinajstić information content (AvgIpc) is 2.75. The van der Waals surface area contributed by atoms with Gasteiger partial charge in [-0.2, -0.15) is 0 Å². The minimum atomic E-state index is -3.97. The summed E-state index contributed by atoms with van der Waals surface area (Å²) in [5.74, 6) is -0.272. The van der Waals surface area contributed by atoms with Crippen LogP contribution in [0, 0.1) is 6.92 Å². The maximum absolute atomic E-state index is 13.0. The Kier molecular flexibility index (Phi) is 6.37. The zero-order chi connectivity index (χ0) is 21.7. The maximum Gasteiger partial charge on any atom is 0.265 e. The lowest BCUT2D eigenvalue weighted by molar-refractivity contribution is 0.0939. The molecule has 0 saturated carbocycles. The van der Waals surface area contributed by atoms with Crippen molar-refractivity contribution in [3.8, 4) is 5.75 Å². The number of pyridine rings is 1. The van der Waals surface area contributed by atoms with Crippen LogP contribution in [0.2, 0.25) is 0 Å². The molecule has 8 heteroatoms. The van der Waals surface area contributed by atoms with Gasteiger partial charge < -0.3 is 10.1 Å². The van der Waals surface area contributed by atoms with Gasteiger partial charge in [-0.1, -0.05) is 23.8 Å². The quantitative estimate of drug-likeness (QED) is 0.602. The van der Waals surface area contributed by atoms with E-state index < -0.39 is 15.9 Å². The second kappa shape index (κ2) is 8.96. The van der Waals surface area contributed by atoms with E-state index in [1.165, 1.54) is 25.3 Å². The van der Waals surface area contributed by atoms with Gasteiger partial charge in [-0.15, -0.1) is 0 Å². The van der Waals surface area contributed by atoms with Gasteiger partial charge in [-0.05, 0) is 56.3 Å². The summed E-state index contributed by atoms with van der Waals surface area (Å²) in [4.78, 5) is 16.8. The highest BCUT2D eigenvalue weighted by atomic mass is 32.2. The topological polar surface area (TPSA) is 97.4 Å². The molecule has 0 aliphatic rings. The normalized spacial score (nSPS) is 12.1. The number of rotatable bonds is 7. The molecule has 2 aromatic carbocycles. The largest absolute Gasteiger partial charge is 0.495 e. The molecule has 0 unspecified atom stereocenters. The number of carbonyl (C=O) groups is 1. The molecule has 156 valence electrons. The fourth-order valence-electron chi connectivity index (χ4n) is 2.85. The molecule has 1 aromatic heterocycles. The second-order valence-electron chi connectivity index (χ2n) is 6.79. The van der Waals surface area contributed by atoms with Gasteiger partial charge in [0.05, 0.1) is 18.8 Å². The van der Waals surface area contributed by atoms with Crippen LogP contribution >= 0.6 is 0 Å². The molecule has 0 aliphatic heterocycles. The van der Waals surface area contributed by atoms with Crippen LogP contribution < -0.4 is 14.8 Å². The lowest BCUT2D eigenvalue weighted by Crippen LogP contribution is -2.27. The number of methoxy groups -OCH3 is 1. The number of nitrogens with zero attached hydrogens (tertiary/aromatic N) is 1. The van der Waals surface area contributed by atoms with Crippen molar-refractivity contribution in [3.05, 3.63) is 83.7 Å². The molecule has 30 heavy (non-hydrogen) atoms. The molecule has 3 rings (SSSR count). The molecular weight excluding hydrogens is 402 g/mol. The van der Waals surface area contributed by atoms with Crippen molar-refractivity contribution in [2.75, 3.05) is 11.8 Å². The van der Waals surface area contributed by atoms with Crippen molar-refractivity contribution < 1.29 is 17.9 Å². The number of nitrogens with one attached hydrogen (secondary N) is 2. The molecule has 1 heterocycles. The van der Waals surface area contributed by atoms with Crippen LogP contribution in [0.5, 0.6) is 5.75 Å². The van der Waals surface area contributed by atoms with Crippen molar-refractivity contribution in [2.45, 2.75) is 24.8 Å². The van der Waals surface area contributed by atoms with E-state index in [4.69, 9.17) is 4.74 Å². The summed E-state index contributed by atoms with van der Waals surface area (Å²) in [6, 6.07) is 16.3. The Labute approximate surface area is 176 Å². The second-order valence-corrected chi connectivity index (χ2v) is 8.44. The highest BCUT2D eigenvalue weighted by molar-refractivity contribution is 7.92. The lowest BCUT2D eigenvalue weighted by atomic mass is 10.1. The number of benzene rings is 2. The number of hydrogen-bond acceptors (Lipinski definition) is 5. The lowest BCUT2D eigenvalue weighted by Gasteiger charge is -2.15. The molecule has 2 N–H and O–H groups in total. The van der Waals surface area contributed by atoms with E-state index in [0.717, 1.165) is 5.56 Å². The van der Waals surface area contributed by atoms with Crippen LogP contribution in [-0.2, 0) is 10.0 Å². The molecule has 0 spiro atoms. The third kappa shape index (κ3) is 4.96. The summed E-state index contributed by atoms with van der Waals surface area (Å²) < 4.78 is 33.6. The Morgan fingerprint density at radius 3 is 2.43 bits per heavy atom. The van der Waals surface area contributed by atoms with Gasteiger partial charge in [0.25, 0.3) is 15.9 Å². The van der Waals surface area contributed by atoms with Crippen molar-refractivity contribution in [1.82, 2.24) is 10.3 Å². The fraction of sp³-hybridized carbons (Fsp3) is 0.182. The number of carbonyl (C=O) groups excluding carboxylic acids is 1. The van der Waals surface area contributed by atoms with Crippen molar-refractivity contribution >= 4 is 21.6 Å². The van der Waals surface area contributed by atoms with E-state index in [1.807, 2.05) is 13.0 Å². The molecule has 0 bridgehead atoms. The van der Waals surface area contributed by atoms with Crippen LogP contribution in [0.15, 0.2) is 71.8 Å². The highest BCUT2D eigenvalue weighted by Crippen LogP contribution is 2.27. The van der Waals surface area contributed by atoms with E-state index in [9.17, 15) is 13.2 Å². The van der Waals surface area contributed by atoms with Crippen molar-refractivity contribution in [3.63, 3.8) is 0 Å². The van der Waals surface area contributed by atoms with Crippen LogP contribution in [0.3, 0.4) is 0 Å². The predicted molar refractivity (Wildman–Crippen MR) is 115 cm³/mol. The van der Waals surface area contributed by atoms with Gasteiger partial charge in [0, 0.05) is 17.4 Å². The van der Waals surface area contributed by atoms with E-state index in [1.54, 1.807) is 49.5 Å². The Balaban J connectivity index is 1.87. The van der Waals surface area contributed by atoms with E-state index >= 15 is 0 Å². The summed E-state index contributed by atoms with van der Waals surface area (Å²) in [6.45, 7) is 3.72. The number of ether oxygens (including phenoxy) is 1. The van der Waals surface area contributed by atoms with Gasteiger partial charge in [0.15, 0.2) is 0 Å². The molecule has 0 fully saturated rings. The van der Waals surface area contributed by atoms with Crippen molar-refractivity contribution in [1.29, 1.82) is 0 Å². The number of anilines is 1. The third-order valence-corrected chi connectivity index (χ3v) is 5.90. The minimum absolute atomic E-state index is 0.122. The van der Waals surface area contributed by atoms with Crippen LogP contribution in [0.25, 0.3) is 0 Å². The molecule has 1 amide bonds. The van der Waals surface area contributed by atoms with Crippen LogP contribution in [0.4, 0.5) is 5.69 Å². The third-order valence-electron chi connectivity index (χ3n) is 4.50. The molecular formula is C22H23N3O4S. The fourth-order valence-corrected chi connectivity index (χ4v) is 4.10. The first-order valence-electron chi connectivity index (χ1n) is 9.29. The first-order chi connectivity index (χ1) is 14.3. The summed E-state index contributed by atoms with van der Waals surface area (Å²) in [6.07, 6.45) is 1.65. The molecule has 0 radical (unpaired) electrons. The first kappa shape index (κ1) is 21.3. The van der Waals surface area contributed by atoms with Gasteiger partial charge in [0.1, 0.15) is 10.6 Å². The van der Waals surface area contributed by atoms with E-state index in [0.29, 0.717) is 11.4 Å². The first-order valence-corrected chi connectivity index (χ1v) is 10.8. The molecule has 1 atom stereocenters. The Hall–Kier alpha value is -3.39. The Bertz CT molecular complexity index is 1130. The van der Waals surface area contributed by atoms with E-state index in [2.05, 4.69) is 15.0 Å². The standard InChI is InChI=1S/C22H23N3O4S/c1-15-7-10-18(11-8-15)25-30(27,28)21-14-17(9-12-20(21)29-3)22(26)24-16(2)19-6-4-5-13-23-19/h4-14,16,25H,1-3H3,(H,24,26)/t16-/m0/s1. The number of amides is 1. The zero-order valence-corrected chi connectivity index (χ0v) is 17.7. The monoisotopic (exact) mass is 425 g/mol. The molecule has 0 saturated heterocycles. The van der Waals surface area contributed by atoms with Gasteiger partial charge in [-0.25, -0.2) is 8.42 Å². The Morgan fingerprint density at radius 2 is 1.80 bits per heavy atom. The van der Waals surface area contributed by atoms with Crippen LogP contribution in [0.1, 0.15) is 34.6 Å². The number of sulfonamides is 1. The predicted octanol–water partition coefficient (Wildman–Crippen LogP) is 3.69. The summed E-state index contributed by atoms with van der Waals surface area (Å²) in [5, 5.41) is 2.83. The highest BCUT2D eigenvalue weighted by Gasteiger charge is 2.22. The number of aryl methyl sites for hydroxylation is 1. The summed E-state index contributed by atoms with van der Waals surface area (Å²) in [5.41, 5.74) is 2.33. The van der Waals surface area contributed by atoms with Crippen LogP contribution in [-0.4, -0.2) is 26.4 Å².